The molecule has 0 N–H and O–H groups in total. The normalized spacial score (nSPS) is 11.3. The number of nitrogens with zero attached hydrogens (tertiary/aromatic N) is 2. The summed E-state index contributed by atoms with van der Waals surface area (Å²) in [6.07, 6.45) is 3.27. The van der Waals surface area contributed by atoms with Gasteiger partial charge in [-0.3, -0.25) is 9.29 Å². The van der Waals surface area contributed by atoms with Crippen molar-refractivity contribution in [2.24, 2.45) is 0 Å². The van der Waals surface area contributed by atoms with Crippen LogP contribution >= 0.6 is 23.2 Å². The number of halogens is 2. The Bertz CT molecular complexity index is 1010. The van der Waals surface area contributed by atoms with E-state index in [1.807, 2.05) is 13.0 Å². The van der Waals surface area contributed by atoms with Gasteiger partial charge >= 0.3 is 0 Å². The molecule has 0 saturated heterocycles. The van der Waals surface area contributed by atoms with Crippen molar-refractivity contribution >= 4 is 38.9 Å². The lowest BCUT2D eigenvalue weighted by atomic mass is 10.2. The molecule has 7 heteroatoms. The molecule has 0 spiro atoms. The molecule has 0 atom stereocenters. The van der Waals surface area contributed by atoms with Crippen LogP contribution in [0.4, 0.5) is 5.69 Å². The van der Waals surface area contributed by atoms with E-state index in [2.05, 4.69) is 4.98 Å². The van der Waals surface area contributed by atoms with Gasteiger partial charge in [0.05, 0.1) is 17.3 Å². The molecule has 3 rings (SSSR count). The van der Waals surface area contributed by atoms with Crippen LogP contribution in [-0.4, -0.2) is 13.4 Å². The van der Waals surface area contributed by atoms with Crippen molar-refractivity contribution in [2.75, 3.05) is 4.31 Å². The first-order valence-electron chi connectivity index (χ1n) is 7.81. The van der Waals surface area contributed by atoms with Crippen LogP contribution in [0.2, 0.25) is 10.0 Å². The van der Waals surface area contributed by atoms with E-state index in [1.54, 1.807) is 54.9 Å². The second-order valence-electron chi connectivity index (χ2n) is 5.78. The topological polar surface area (TPSA) is 50.3 Å². The number of rotatable bonds is 5. The molecule has 0 radical (unpaired) electrons. The fourth-order valence-corrected chi connectivity index (χ4v) is 4.67. The molecule has 0 unspecified atom stereocenters. The Morgan fingerprint density at radius 1 is 1.04 bits per heavy atom. The number of aryl methyl sites for hydroxylation is 1. The van der Waals surface area contributed by atoms with Crippen LogP contribution in [-0.2, 0) is 16.6 Å². The van der Waals surface area contributed by atoms with Crippen LogP contribution in [0.3, 0.4) is 0 Å². The molecule has 0 fully saturated rings. The summed E-state index contributed by atoms with van der Waals surface area (Å²) in [5, 5.41) is 0.719. The average molecular weight is 407 g/mol. The fraction of sp³-hybridized carbons (Fsp3) is 0.105. The maximum absolute atomic E-state index is 13.3. The van der Waals surface area contributed by atoms with E-state index in [9.17, 15) is 8.42 Å². The molecule has 4 nitrogen and oxygen atoms in total. The summed E-state index contributed by atoms with van der Waals surface area (Å²) in [5.74, 6) is 0. The van der Waals surface area contributed by atoms with Crippen molar-refractivity contribution in [3.05, 3.63) is 88.2 Å². The molecule has 0 aliphatic rings. The largest absolute Gasteiger partial charge is 0.266 e. The van der Waals surface area contributed by atoms with Crippen LogP contribution < -0.4 is 4.31 Å². The molecule has 0 aliphatic heterocycles. The lowest BCUT2D eigenvalue weighted by Gasteiger charge is -2.25. The smallest absolute Gasteiger partial charge is 0.264 e. The highest BCUT2D eigenvalue weighted by Crippen LogP contribution is 2.31. The maximum Gasteiger partial charge on any atom is 0.266 e. The van der Waals surface area contributed by atoms with Gasteiger partial charge in [0, 0.05) is 17.4 Å². The van der Waals surface area contributed by atoms with Gasteiger partial charge in [0.1, 0.15) is 4.90 Å². The zero-order valence-corrected chi connectivity index (χ0v) is 16.3. The van der Waals surface area contributed by atoms with Crippen LogP contribution in [0.1, 0.15) is 11.1 Å². The van der Waals surface area contributed by atoms with Gasteiger partial charge in [-0.25, -0.2) is 8.42 Å². The number of anilines is 1. The molecule has 0 amide bonds. The van der Waals surface area contributed by atoms with Crippen LogP contribution in [0.15, 0.2) is 71.9 Å². The molecule has 0 aliphatic carbocycles. The van der Waals surface area contributed by atoms with Crippen molar-refractivity contribution in [3.63, 3.8) is 0 Å². The van der Waals surface area contributed by atoms with Crippen molar-refractivity contribution in [3.8, 4) is 0 Å². The van der Waals surface area contributed by atoms with Crippen molar-refractivity contribution in [2.45, 2.75) is 18.4 Å². The molecule has 134 valence electrons. The van der Waals surface area contributed by atoms with E-state index in [1.165, 1.54) is 10.4 Å². The fourth-order valence-electron chi connectivity index (χ4n) is 2.51. The average Bonchev–Trinajstić information content (AvgIpc) is 2.61. The summed E-state index contributed by atoms with van der Waals surface area (Å²) >= 11 is 12.2. The summed E-state index contributed by atoms with van der Waals surface area (Å²) < 4.78 is 28.0. The zero-order valence-electron chi connectivity index (χ0n) is 13.9. The predicted molar refractivity (Wildman–Crippen MR) is 105 cm³/mol. The third kappa shape index (κ3) is 4.01. The maximum atomic E-state index is 13.3. The Balaban J connectivity index is 2.11. The van der Waals surface area contributed by atoms with Crippen LogP contribution in [0.25, 0.3) is 0 Å². The molecule has 1 heterocycles. The van der Waals surface area contributed by atoms with Crippen molar-refractivity contribution < 1.29 is 8.42 Å². The van der Waals surface area contributed by atoms with Gasteiger partial charge in [0.15, 0.2) is 0 Å². The number of hydrogen-bond donors (Lipinski definition) is 0. The van der Waals surface area contributed by atoms with Gasteiger partial charge in [0.25, 0.3) is 10.0 Å². The van der Waals surface area contributed by atoms with Gasteiger partial charge in [-0.2, -0.15) is 0 Å². The number of benzene rings is 2. The standard InChI is InChI=1S/C19H16Cl2N2O2S/c1-14-4-9-19(18(21)11-14)26(24,25)23(13-15-3-2-10-22-12-15)17-7-5-16(20)6-8-17/h2-12H,13H2,1H3. The first-order chi connectivity index (χ1) is 12.4. The molecular formula is C19H16Cl2N2O2S. The minimum Gasteiger partial charge on any atom is -0.264 e. The quantitative estimate of drug-likeness (QED) is 0.592. The predicted octanol–water partition coefficient (Wildman–Crippen LogP) is 5.09. The van der Waals surface area contributed by atoms with Crippen LogP contribution in [0.5, 0.6) is 0 Å². The van der Waals surface area contributed by atoms with E-state index in [0.29, 0.717) is 10.7 Å². The highest BCUT2D eigenvalue weighted by Gasteiger charge is 2.27. The molecular weight excluding hydrogens is 391 g/mol. The first kappa shape index (κ1) is 18.7. The van der Waals surface area contributed by atoms with E-state index < -0.39 is 10.0 Å². The second-order valence-corrected chi connectivity index (χ2v) is 8.46. The van der Waals surface area contributed by atoms with Gasteiger partial charge in [-0.15, -0.1) is 0 Å². The van der Waals surface area contributed by atoms with E-state index in [4.69, 9.17) is 23.2 Å². The summed E-state index contributed by atoms with van der Waals surface area (Å²) in [6, 6.07) is 15.1. The number of pyridine rings is 1. The van der Waals surface area contributed by atoms with Gasteiger partial charge in [0.2, 0.25) is 0 Å². The highest BCUT2D eigenvalue weighted by molar-refractivity contribution is 7.93. The number of sulfonamides is 1. The molecule has 26 heavy (non-hydrogen) atoms. The Hall–Kier alpha value is -2.08. The SMILES string of the molecule is Cc1ccc(S(=O)(=O)N(Cc2cccnc2)c2ccc(Cl)cc2)c(Cl)c1. The Labute approximate surface area is 163 Å². The van der Waals surface area contributed by atoms with Crippen molar-refractivity contribution in [1.82, 2.24) is 4.98 Å². The number of hydrogen-bond acceptors (Lipinski definition) is 3. The zero-order chi connectivity index (χ0) is 18.7. The third-order valence-electron chi connectivity index (χ3n) is 3.82. The van der Waals surface area contributed by atoms with Crippen molar-refractivity contribution in [1.29, 1.82) is 0 Å². The van der Waals surface area contributed by atoms with Gasteiger partial charge in [-0.1, -0.05) is 35.3 Å². The van der Waals surface area contributed by atoms with E-state index in [0.717, 1.165) is 11.1 Å². The summed E-state index contributed by atoms with van der Waals surface area (Å²) in [4.78, 5) is 4.12. The molecule has 2 aromatic carbocycles. The van der Waals surface area contributed by atoms with E-state index >= 15 is 0 Å². The highest BCUT2D eigenvalue weighted by atomic mass is 35.5. The first-order valence-corrected chi connectivity index (χ1v) is 10.0. The Kier molecular flexibility index (Phi) is 5.51. The van der Waals surface area contributed by atoms with Gasteiger partial charge < -0.3 is 0 Å². The lowest BCUT2D eigenvalue weighted by molar-refractivity contribution is 0.590. The minimum absolute atomic E-state index is 0.0589. The molecule has 1 aromatic heterocycles. The Morgan fingerprint density at radius 2 is 1.77 bits per heavy atom. The molecule has 0 saturated carbocycles. The van der Waals surface area contributed by atoms with Gasteiger partial charge in [-0.05, 0) is 60.5 Å². The minimum atomic E-state index is -3.88. The lowest BCUT2D eigenvalue weighted by Crippen LogP contribution is -2.30. The number of aromatic nitrogens is 1. The summed E-state index contributed by atoms with van der Waals surface area (Å²) in [5.41, 5.74) is 2.14. The Morgan fingerprint density at radius 3 is 2.38 bits per heavy atom. The summed E-state index contributed by atoms with van der Waals surface area (Å²) in [7, 11) is -3.88. The third-order valence-corrected chi connectivity index (χ3v) is 6.33. The molecule has 3 aromatic rings. The molecule has 0 bridgehead atoms. The second kappa shape index (κ2) is 7.66. The summed E-state index contributed by atoms with van der Waals surface area (Å²) in [6.45, 7) is 1.98. The van der Waals surface area contributed by atoms with E-state index in [-0.39, 0.29) is 16.5 Å². The van der Waals surface area contributed by atoms with Crippen LogP contribution in [0, 0.1) is 6.92 Å². The monoisotopic (exact) mass is 406 g/mol.